The van der Waals surface area contributed by atoms with Gasteiger partial charge in [-0.25, -0.2) is 9.78 Å². The molecule has 0 radical (unpaired) electrons. The van der Waals surface area contributed by atoms with Gasteiger partial charge in [-0.3, -0.25) is 5.32 Å². The van der Waals surface area contributed by atoms with Crippen LogP contribution in [0.2, 0.25) is 0 Å². The van der Waals surface area contributed by atoms with Gasteiger partial charge in [-0.15, -0.1) is 6.58 Å². The average Bonchev–Trinajstić information content (AvgIpc) is 2.85. The summed E-state index contributed by atoms with van der Waals surface area (Å²) in [5.74, 6) is 0.0563. The maximum absolute atomic E-state index is 12.5. The molecule has 1 fully saturated rings. The number of aryl methyl sites for hydroxylation is 1. The fraction of sp³-hybridized carbons (Fsp3) is 0.417. The first-order valence-corrected chi connectivity index (χ1v) is 11.2. The van der Waals surface area contributed by atoms with Gasteiger partial charge in [0.2, 0.25) is 5.69 Å². The predicted octanol–water partition coefficient (Wildman–Crippen LogP) is 4.13. The zero-order valence-corrected chi connectivity index (χ0v) is 19.0. The lowest BCUT2D eigenvalue weighted by Crippen LogP contribution is -2.22. The van der Waals surface area contributed by atoms with Crippen molar-refractivity contribution in [3.63, 3.8) is 0 Å². The quantitative estimate of drug-likeness (QED) is 0.255. The summed E-state index contributed by atoms with van der Waals surface area (Å²) in [5.41, 5.74) is 1.22. The van der Waals surface area contributed by atoms with Gasteiger partial charge in [0, 0.05) is 6.61 Å². The Bertz CT molecular complexity index is 1020. The van der Waals surface area contributed by atoms with Gasteiger partial charge in [0.15, 0.2) is 12.1 Å². The van der Waals surface area contributed by atoms with E-state index in [0.717, 1.165) is 44.3 Å². The molecule has 1 saturated heterocycles. The molecule has 2 aromatic rings. The second-order valence-electron chi connectivity index (χ2n) is 7.65. The number of aromatic hydroxyl groups is 1. The maximum Gasteiger partial charge on any atom is 0.325 e. The van der Waals surface area contributed by atoms with Crippen LogP contribution in [-0.2, 0) is 15.9 Å². The first kappa shape index (κ1) is 25.0. The molecular weight excluding hydrogens is 438 g/mol. The molecule has 10 heteroatoms. The number of anilines is 2. The summed E-state index contributed by atoms with van der Waals surface area (Å²) >= 11 is 0. The number of hydrogen-bond donors (Lipinski definition) is 3. The third-order valence-electron chi connectivity index (χ3n) is 5.01. The van der Waals surface area contributed by atoms with Crippen molar-refractivity contribution in [2.45, 2.75) is 44.8 Å². The second-order valence-corrected chi connectivity index (χ2v) is 7.65. The van der Waals surface area contributed by atoms with Gasteiger partial charge in [0.1, 0.15) is 11.8 Å². The van der Waals surface area contributed by atoms with Crippen LogP contribution in [0.15, 0.2) is 37.1 Å². The number of carbonyl (C=O) groups is 1. The number of ether oxygens (including phenoxy) is 3. The molecule has 3 rings (SSSR count). The lowest BCUT2D eigenvalue weighted by atomic mass is 10.1. The van der Waals surface area contributed by atoms with Crippen molar-refractivity contribution in [3.8, 4) is 17.7 Å². The van der Waals surface area contributed by atoms with E-state index in [0.29, 0.717) is 13.0 Å². The maximum atomic E-state index is 12.5. The van der Waals surface area contributed by atoms with Gasteiger partial charge >= 0.3 is 6.03 Å². The molecule has 1 aliphatic rings. The van der Waals surface area contributed by atoms with Crippen LogP contribution in [0.25, 0.3) is 0 Å². The molecule has 1 aromatic heterocycles. The zero-order chi connectivity index (χ0) is 24.2. The van der Waals surface area contributed by atoms with Crippen LogP contribution >= 0.6 is 0 Å². The molecule has 10 nitrogen and oxygen atoms in total. The molecule has 3 N–H and O–H groups in total. The Morgan fingerprint density at radius 1 is 1.35 bits per heavy atom. The lowest BCUT2D eigenvalue weighted by Gasteiger charge is -2.22. The fourth-order valence-electron chi connectivity index (χ4n) is 3.29. The minimum Gasteiger partial charge on any atom is -0.506 e. The third-order valence-corrected chi connectivity index (χ3v) is 5.01. The van der Waals surface area contributed by atoms with Crippen molar-refractivity contribution in [1.29, 1.82) is 5.26 Å². The van der Waals surface area contributed by atoms with Crippen molar-refractivity contribution >= 4 is 17.5 Å². The van der Waals surface area contributed by atoms with E-state index in [9.17, 15) is 9.90 Å². The van der Waals surface area contributed by atoms with Crippen molar-refractivity contribution in [1.82, 2.24) is 9.97 Å². The number of phenolic OH excluding ortho intramolecular Hbond substituents is 1. The minimum atomic E-state index is -0.624. The highest BCUT2D eigenvalue weighted by molar-refractivity contribution is 6.00. The predicted molar refractivity (Wildman–Crippen MR) is 126 cm³/mol. The van der Waals surface area contributed by atoms with Crippen molar-refractivity contribution in [3.05, 3.63) is 48.3 Å². The molecule has 1 aliphatic heterocycles. The summed E-state index contributed by atoms with van der Waals surface area (Å²) in [6.07, 6.45) is 8.01. The van der Waals surface area contributed by atoms with E-state index in [2.05, 4.69) is 27.2 Å². The Morgan fingerprint density at radius 3 is 3.00 bits per heavy atom. The molecule has 0 aliphatic carbocycles. The van der Waals surface area contributed by atoms with Crippen molar-refractivity contribution in [2.75, 3.05) is 30.5 Å². The standard InChI is InChI=1S/C24H29N5O5/c1-2-3-11-34-23-19(15-25)26-16-21(28-23)29-24(31)27-18-14-17(9-10-20(18)30)7-6-13-33-22-8-4-5-12-32-22/h2,9-10,14,16,22,30H,1,3-8,11-13H2,(H2,27,28,29,31). The molecule has 0 bridgehead atoms. The smallest absolute Gasteiger partial charge is 0.325 e. The SMILES string of the molecule is C=CCCOc1nc(NC(=O)Nc2cc(CCCOC3CCCCO3)ccc2O)cnc1C#N. The summed E-state index contributed by atoms with van der Waals surface area (Å²) in [4.78, 5) is 20.5. The summed E-state index contributed by atoms with van der Waals surface area (Å²) in [6.45, 7) is 5.21. The van der Waals surface area contributed by atoms with E-state index in [1.807, 2.05) is 6.07 Å². The highest BCUT2D eigenvalue weighted by atomic mass is 16.7. The topological polar surface area (TPSA) is 139 Å². The van der Waals surface area contributed by atoms with Crippen LogP contribution < -0.4 is 15.4 Å². The molecule has 0 spiro atoms. The first-order chi connectivity index (χ1) is 16.6. The number of nitriles is 1. The van der Waals surface area contributed by atoms with Gasteiger partial charge in [0.05, 0.1) is 25.1 Å². The molecule has 180 valence electrons. The average molecular weight is 468 g/mol. The van der Waals surface area contributed by atoms with Crippen molar-refractivity contribution in [2.24, 2.45) is 0 Å². The highest BCUT2D eigenvalue weighted by Crippen LogP contribution is 2.25. The Labute approximate surface area is 198 Å². The lowest BCUT2D eigenvalue weighted by molar-refractivity contribution is -0.162. The van der Waals surface area contributed by atoms with Gasteiger partial charge in [-0.1, -0.05) is 12.1 Å². The van der Waals surface area contributed by atoms with Crippen LogP contribution in [0.4, 0.5) is 16.3 Å². The Morgan fingerprint density at radius 2 is 2.24 bits per heavy atom. The summed E-state index contributed by atoms with van der Waals surface area (Å²) in [6, 6.07) is 6.31. The monoisotopic (exact) mass is 467 g/mol. The van der Waals surface area contributed by atoms with Crippen LogP contribution in [0.1, 0.15) is 43.4 Å². The number of urea groups is 1. The van der Waals surface area contributed by atoms with Crippen LogP contribution in [0.5, 0.6) is 11.6 Å². The van der Waals surface area contributed by atoms with E-state index in [1.165, 1.54) is 12.3 Å². The van der Waals surface area contributed by atoms with E-state index < -0.39 is 6.03 Å². The Hall–Kier alpha value is -3.68. The van der Waals surface area contributed by atoms with Crippen molar-refractivity contribution < 1.29 is 24.1 Å². The minimum absolute atomic E-state index is 0.0133. The first-order valence-electron chi connectivity index (χ1n) is 11.2. The second kappa shape index (κ2) is 13.1. The molecule has 1 atom stereocenters. The molecular formula is C24H29N5O5. The summed E-state index contributed by atoms with van der Waals surface area (Å²) in [7, 11) is 0. The normalized spacial score (nSPS) is 15.2. The van der Waals surface area contributed by atoms with Crippen LogP contribution in [0.3, 0.4) is 0 Å². The molecule has 2 amide bonds. The number of nitrogens with one attached hydrogen (secondary N) is 2. The number of rotatable bonds is 11. The number of hydrogen-bond acceptors (Lipinski definition) is 8. The Kier molecular flexibility index (Phi) is 9.64. The summed E-state index contributed by atoms with van der Waals surface area (Å²) in [5, 5.41) is 24.4. The largest absolute Gasteiger partial charge is 0.506 e. The molecule has 34 heavy (non-hydrogen) atoms. The van der Waals surface area contributed by atoms with Gasteiger partial charge in [-0.05, 0) is 56.2 Å². The number of benzene rings is 1. The molecule has 0 saturated carbocycles. The highest BCUT2D eigenvalue weighted by Gasteiger charge is 2.14. The summed E-state index contributed by atoms with van der Waals surface area (Å²) < 4.78 is 16.7. The fourth-order valence-corrected chi connectivity index (χ4v) is 3.29. The number of nitrogens with zero attached hydrogens (tertiary/aromatic N) is 3. The van der Waals surface area contributed by atoms with Gasteiger partial charge < -0.3 is 24.6 Å². The Balaban J connectivity index is 1.53. The molecule has 1 unspecified atom stereocenters. The number of amides is 2. The number of phenols is 1. The van der Waals surface area contributed by atoms with Gasteiger partial charge in [-0.2, -0.15) is 10.2 Å². The van der Waals surface area contributed by atoms with Gasteiger partial charge in [0.25, 0.3) is 5.88 Å². The zero-order valence-electron chi connectivity index (χ0n) is 19.0. The number of carbonyl (C=O) groups excluding carboxylic acids is 1. The molecule has 1 aromatic carbocycles. The molecule has 2 heterocycles. The third kappa shape index (κ3) is 7.72. The van der Waals surface area contributed by atoms with E-state index in [-0.39, 0.29) is 41.7 Å². The van der Waals surface area contributed by atoms with E-state index >= 15 is 0 Å². The van der Waals surface area contributed by atoms with E-state index in [1.54, 1.807) is 18.2 Å². The van der Waals surface area contributed by atoms with E-state index in [4.69, 9.17) is 19.5 Å². The van der Waals surface area contributed by atoms with Crippen LogP contribution in [-0.4, -0.2) is 47.2 Å². The van der Waals surface area contributed by atoms with Crippen LogP contribution in [0, 0.1) is 11.3 Å². The number of aromatic nitrogens is 2.